The van der Waals surface area contributed by atoms with Crippen molar-refractivity contribution in [2.75, 3.05) is 6.61 Å². The number of rotatable bonds is 7. The summed E-state index contributed by atoms with van der Waals surface area (Å²) in [4.78, 5) is 11.3. The molecule has 0 aliphatic carbocycles. The van der Waals surface area contributed by atoms with E-state index in [1.165, 1.54) is 0 Å². The molecule has 0 heterocycles. The van der Waals surface area contributed by atoms with E-state index in [-0.39, 0.29) is 0 Å². The SMILES string of the molecule is CCOc1ccc(C[C@@H](Oc2ccccc2)C(=O)O)cc1. The van der Waals surface area contributed by atoms with Gasteiger partial charge < -0.3 is 14.6 Å². The van der Waals surface area contributed by atoms with Gasteiger partial charge in [0.25, 0.3) is 0 Å². The fraction of sp³-hybridized carbons (Fsp3) is 0.235. The van der Waals surface area contributed by atoms with Crippen LogP contribution in [0.25, 0.3) is 0 Å². The topological polar surface area (TPSA) is 55.8 Å². The van der Waals surface area contributed by atoms with Gasteiger partial charge in [-0.15, -0.1) is 0 Å². The Morgan fingerprint density at radius 1 is 1.05 bits per heavy atom. The summed E-state index contributed by atoms with van der Waals surface area (Å²) in [5, 5.41) is 9.29. The predicted molar refractivity (Wildman–Crippen MR) is 79.8 cm³/mol. The minimum Gasteiger partial charge on any atom is -0.494 e. The van der Waals surface area contributed by atoms with Gasteiger partial charge in [0.1, 0.15) is 11.5 Å². The first kappa shape index (κ1) is 14.9. The molecular formula is C17H18O4. The van der Waals surface area contributed by atoms with Crippen LogP contribution < -0.4 is 9.47 Å². The molecule has 0 spiro atoms. The molecule has 2 rings (SSSR count). The van der Waals surface area contributed by atoms with Crippen LogP contribution in [-0.4, -0.2) is 23.8 Å². The molecule has 0 unspecified atom stereocenters. The third-order valence-electron chi connectivity index (χ3n) is 2.95. The molecule has 0 aromatic heterocycles. The van der Waals surface area contributed by atoms with E-state index in [0.717, 1.165) is 11.3 Å². The summed E-state index contributed by atoms with van der Waals surface area (Å²) < 4.78 is 10.9. The highest BCUT2D eigenvalue weighted by Gasteiger charge is 2.20. The van der Waals surface area contributed by atoms with Gasteiger partial charge in [-0.1, -0.05) is 30.3 Å². The van der Waals surface area contributed by atoms with Crippen LogP contribution in [0.2, 0.25) is 0 Å². The Balaban J connectivity index is 2.04. The van der Waals surface area contributed by atoms with Crippen LogP contribution in [0, 0.1) is 0 Å². The maximum Gasteiger partial charge on any atom is 0.345 e. The van der Waals surface area contributed by atoms with Crippen molar-refractivity contribution in [3.63, 3.8) is 0 Å². The quantitative estimate of drug-likeness (QED) is 0.849. The molecule has 0 amide bonds. The summed E-state index contributed by atoms with van der Waals surface area (Å²) in [5.74, 6) is 0.348. The van der Waals surface area contributed by atoms with Crippen LogP contribution in [0.3, 0.4) is 0 Å². The van der Waals surface area contributed by atoms with Gasteiger partial charge in [-0.05, 0) is 36.8 Å². The summed E-state index contributed by atoms with van der Waals surface area (Å²) in [6.45, 7) is 2.52. The summed E-state index contributed by atoms with van der Waals surface area (Å²) in [7, 11) is 0. The van der Waals surface area contributed by atoms with Crippen molar-refractivity contribution < 1.29 is 19.4 Å². The van der Waals surface area contributed by atoms with Crippen LogP contribution >= 0.6 is 0 Å². The Bertz CT molecular complexity index is 563. The average Bonchev–Trinajstić information content (AvgIpc) is 2.50. The van der Waals surface area contributed by atoms with Gasteiger partial charge in [0, 0.05) is 6.42 Å². The van der Waals surface area contributed by atoms with E-state index in [1.807, 2.05) is 49.4 Å². The predicted octanol–water partition coefficient (Wildman–Crippen LogP) is 3.16. The molecule has 0 radical (unpaired) electrons. The molecule has 1 N–H and O–H groups in total. The number of carboxylic acids is 1. The summed E-state index contributed by atoms with van der Waals surface area (Å²) >= 11 is 0. The molecule has 2 aromatic rings. The lowest BCUT2D eigenvalue weighted by molar-refractivity contribution is -0.145. The van der Waals surface area contributed by atoms with Crippen LogP contribution in [0.15, 0.2) is 54.6 Å². The molecule has 4 nitrogen and oxygen atoms in total. The van der Waals surface area contributed by atoms with E-state index in [1.54, 1.807) is 12.1 Å². The Morgan fingerprint density at radius 2 is 1.71 bits per heavy atom. The molecule has 110 valence electrons. The fourth-order valence-corrected chi connectivity index (χ4v) is 1.95. The van der Waals surface area contributed by atoms with Crippen molar-refractivity contribution in [3.8, 4) is 11.5 Å². The van der Waals surface area contributed by atoms with Gasteiger partial charge in [-0.3, -0.25) is 0 Å². The smallest absolute Gasteiger partial charge is 0.345 e. The second kappa shape index (κ2) is 7.33. The third-order valence-corrected chi connectivity index (χ3v) is 2.95. The maximum absolute atomic E-state index is 11.3. The van der Waals surface area contributed by atoms with E-state index in [9.17, 15) is 9.90 Å². The van der Waals surface area contributed by atoms with Gasteiger partial charge in [-0.2, -0.15) is 0 Å². The van der Waals surface area contributed by atoms with Crippen molar-refractivity contribution in [3.05, 3.63) is 60.2 Å². The number of carboxylic acid groups (broad SMARTS) is 1. The number of para-hydroxylation sites is 1. The van der Waals surface area contributed by atoms with Crippen molar-refractivity contribution in [2.24, 2.45) is 0 Å². The number of carbonyl (C=O) groups is 1. The van der Waals surface area contributed by atoms with Gasteiger partial charge >= 0.3 is 5.97 Å². The molecule has 0 aliphatic heterocycles. The number of benzene rings is 2. The third kappa shape index (κ3) is 4.53. The van der Waals surface area contributed by atoms with Crippen molar-refractivity contribution in [1.82, 2.24) is 0 Å². The minimum atomic E-state index is -0.979. The number of aliphatic carboxylic acids is 1. The van der Waals surface area contributed by atoms with Gasteiger partial charge in [0.2, 0.25) is 0 Å². The molecular weight excluding hydrogens is 268 g/mol. The molecule has 21 heavy (non-hydrogen) atoms. The standard InChI is InChI=1S/C17H18O4/c1-2-20-14-10-8-13(9-11-14)12-16(17(18)19)21-15-6-4-3-5-7-15/h3-11,16H,2,12H2,1H3,(H,18,19)/t16-/m1/s1. The zero-order valence-electron chi connectivity index (χ0n) is 11.9. The van der Waals surface area contributed by atoms with Gasteiger partial charge in [-0.25, -0.2) is 4.79 Å². The highest BCUT2D eigenvalue weighted by molar-refractivity contribution is 5.73. The zero-order valence-corrected chi connectivity index (χ0v) is 11.9. The number of hydrogen-bond acceptors (Lipinski definition) is 3. The molecule has 0 aliphatic rings. The monoisotopic (exact) mass is 286 g/mol. The Kier molecular flexibility index (Phi) is 5.21. The van der Waals surface area contributed by atoms with E-state index >= 15 is 0 Å². The average molecular weight is 286 g/mol. The minimum absolute atomic E-state index is 0.302. The van der Waals surface area contributed by atoms with Crippen LogP contribution in [0.1, 0.15) is 12.5 Å². The zero-order chi connectivity index (χ0) is 15.1. The summed E-state index contributed by atoms with van der Waals surface area (Å²) in [6.07, 6.45) is -0.610. The van der Waals surface area contributed by atoms with Crippen molar-refractivity contribution in [1.29, 1.82) is 0 Å². The molecule has 0 fully saturated rings. The van der Waals surface area contributed by atoms with E-state index in [2.05, 4.69) is 0 Å². The van der Waals surface area contributed by atoms with Crippen LogP contribution in [0.5, 0.6) is 11.5 Å². The highest BCUT2D eigenvalue weighted by atomic mass is 16.5. The first-order chi connectivity index (χ1) is 10.2. The first-order valence-corrected chi connectivity index (χ1v) is 6.85. The lowest BCUT2D eigenvalue weighted by atomic mass is 10.1. The Hall–Kier alpha value is -2.49. The molecule has 0 saturated carbocycles. The molecule has 4 heteroatoms. The lowest BCUT2D eigenvalue weighted by Gasteiger charge is -2.15. The first-order valence-electron chi connectivity index (χ1n) is 6.85. The Labute approximate surface area is 123 Å². The number of ether oxygens (including phenoxy) is 2. The normalized spacial score (nSPS) is 11.7. The van der Waals surface area contributed by atoms with Crippen molar-refractivity contribution >= 4 is 5.97 Å². The van der Waals surface area contributed by atoms with Crippen LogP contribution in [0.4, 0.5) is 0 Å². The lowest BCUT2D eigenvalue weighted by Crippen LogP contribution is -2.29. The van der Waals surface area contributed by atoms with Gasteiger partial charge in [0.05, 0.1) is 6.61 Å². The van der Waals surface area contributed by atoms with E-state index < -0.39 is 12.1 Å². The van der Waals surface area contributed by atoms with Crippen LogP contribution in [-0.2, 0) is 11.2 Å². The molecule has 1 atom stereocenters. The largest absolute Gasteiger partial charge is 0.494 e. The van der Waals surface area contributed by atoms with E-state index in [0.29, 0.717) is 18.8 Å². The second-order valence-electron chi connectivity index (χ2n) is 4.54. The number of hydrogen-bond donors (Lipinski definition) is 1. The summed E-state index contributed by atoms with van der Waals surface area (Å²) in [6, 6.07) is 16.3. The maximum atomic E-state index is 11.3. The summed E-state index contributed by atoms with van der Waals surface area (Å²) in [5.41, 5.74) is 0.891. The fourth-order valence-electron chi connectivity index (χ4n) is 1.95. The second-order valence-corrected chi connectivity index (χ2v) is 4.54. The highest BCUT2D eigenvalue weighted by Crippen LogP contribution is 2.17. The Morgan fingerprint density at radius 3 is 2.29 bits per heavy atom. The van der Waals surface area contributed by atoms with Gasteiger partial charge in [0.15, 0.2) is 6.10 Å². The molecule has 0 saturated heterocycles. The van der Waals surface area contributed by atoms with Crippen molar-refractivity contribution in [2.45, 2.75) is 19.4 Å². The van der Waals surface area contributed by atoms with E-state index in [4.69, 9.17) is 9.47 Å². The molecule has 2 aromatic carbocycles. The molecule has 0 bridgehead atoms.